The van der Waals surface area contributed by atoms with Crippen LogP contribution in [0, 0.1) is 5.41 Å². The first-order valence-electron chi connectivity index (χ1n) is 11.1. The second-order valence-electron chi connectivity index (χ2n) is 9.73. The molecule has 0 amide bonds. The number of unbranched alkanes of at least 4 members (excludes halogenated alkanes) is 2. The summed E-state index contributed by atoms with van der Waals surface area (Å²) in [6, 6.07) is 0. The van der Waals surface area contributed by atoms with Gasteiger partial charge in [-0.15, -0.1) is 0 Å². The number of ether oxygens (including phenoxy) is 4. The summed E-state index contributed by atoms with van der Waals surface area (Å²) in [4.78, 5) is 36.5. The molecule has 0 aliphatic heterocycles. The van der Waals surface area contributed by atoms with Gasteiger partial charge in [-0.1, -0.05) is 15.9 Å². The van der Waals surface area contributed by atoms with Gasteiger partial charge >= 0.3 is 17.9 Å². The van der Waals surface area contributed by atoms with Gasteiger partial charge in [0.25, 0.3) is 0 Å². The summed E-state index contributed by atoms with van der Waals surface area (Å²) < 4.78 is 19.6. The third-order valence-electron chi connectivity index (χ3n) is 4.55. The number of alkyl halides is 1. The normalized spacial score (nSPS) is 13.9. The fourth-order valence-corrected chi connectivity index (χ4v) is 3.73. The minimum absolute atomic E-state index is 0.0523. The van der Waals surface area contributed by atoms with E-state index in [0.717, 1.165) is 6.42 Å². The van der Waals surface area contributed by atoms with E-state index < -0.39 is 15.7 Å². The van der Waals surface area contributed by atoms with Crippen LogP contribution in [0.3, 0.4) is 0 Å². The standard InChI is InChI=1S/C23H42BrNO7/c1-21(2,3)25-12-14-32-20(28)23(6,24)17-22(4,5)19(27)31-13-10-8-9-11-18(26)30-16-15-29-7/h25H,8-17H2,1-7H3. The van der Waals surface area contributed by atoms with Crippen molar-refractivity contribution < 1.29 is 33.3 Å². The van der Waals surface area contributed by atoms with Crippen LogP contribution < -0.4 is 5.32 Å². The van der Waals surface area contributed by atoms with Gasteiger partial charge in [-0.2, -0.15) is 0 Å². The molecule has 0 saturated heterocycles. The average molecular weight is 524 g/mol. The Labute approximate surface area is 201 Å². The number of hydrogen-bond acceptors (Lipinski definition) is 8. The van der Waals surface area contributed by atoms with Crippen LogP contribution in [0.4, 0.5) is 0 Å². The zero-order valence-electron chi connectivity index (χ0n) is 20.8. The second-order valence-corrected chi connectivity index (χ2v) is 11.5. The molecule has 0 fully saturated rings. The Morgan fingerprint density at radius 2 is 1.41 bits per heavy atom. The SMILES string of the molecule is COCCOC(=O)CCCCCOC(=O)C(C)(C)CC(C)(Br)C(=O)OCCNC(C)(C)C. The van der Waals surface area contributed by atoms with Crippen LogP contribution in [0.15, 0.2) is 0 Å². The van der Waals surface area contributed by atoms with E-state index in [1.807, 2.05) is 20.8 Å². The Balaban J connectivity index is 4.22. The molecule has 0 aliphatic carbocycles. The minimum atomic E-state index is -1.000. The molecule has 0 radical (unpaired) electrons. The van der Waals surface area contributed by atoms with Gasteiger partial charge in [-0.25, -0.2) is 0 Å². The molecule has 0 spiro atoms. The van der Waals surface area contributed by atoms with Crippen LogP contribution in [-0.2, 0) is 33.3 Å². The summed E-state index contributed by atoms with van der Waals surface area (Å²) in [6.07, 6.45) is 2.64. The molecule has 0 heterocycles. The Kier molecular flexibility index (Phi) is 14.3. The highest BCUT2D eigenvalue weighted by atomic mass is 79.9. The van der Waals surface area contributed by atoms with Gasteiger partial charge in [0.2, 0.25) is 0 Å². The van der Waals surface area contributed by atoms with Crippen LogP contribution in [0.25, 0.3) is 0 Å². The number of nitrogens with one attached hydrogen (secondary N) is 1. The summed E-state index contributed by atoms with van der Waals surface area (Å²) in [5.74, 6) is -1.03. The molecular weight excluding hydrogens is 482 g/mol. The molecule has 8 nitrogen and oxygen atoms in total. The lowest BCUT2D eigenvalue weighted by molar-refractivity contribution is -0.156. The van der Waals surface area contributed by atoms with Crippen LogP contribution in [0.1, 0.15) is 73.6 Å². The summed E-state index contributed by atoms with van der Waals surface area (Å²) in [7, 11) is 1.55. The highest BCUT2D eigenvalue weighted by Gasteiger charge is 2.42. The van der Waals surface area contributed by atoms with Crippen LogP contribution in [0.5, 0.6) is 0 Å². The van der Waals surface area contributed by atoms with E-state index in [-0.39, 0.29) is 43.7 Å². The molecule has 1 unspecified atom stereocenters. The van der Waals surface area contributed by atoms with Crippen LogP contribution in [-0.4, -0.2) is 67.9 Å². The topological polar surface area (TPSA) is 100 Å². The molecule has 0 aromatic rings. The van der Waals surface area contributed by atoms with E-state index >= 15 is 0 Å². The molecule has 0 saturated carbocycles. The lowest BCUT2D eigenvalue weighted by Gasteiger charge is -2.30. The van der Waals surface area contributed by atoms with Crippen molar-refractivity contribution in [1.29, 1.82) is 0 Å². The summed E-state index contributed by atoms with van der Waals surface area (Å²) in [5, 5.41) is 3.25. The summed E-state index contributed by atoms with van der Waals surface area (Å²) >= 11 is 3.43. The third kappa shape index (κ3) is 14.8. The molecule has 0 rings (SSSR count). The molecule has 188 valence electrons. The van der Waals surface area contributed by atoms with Crippen molar-refractivity contribution in [2.75, 3.05) is 40.1 Å². The van der Waals surface area contributed by atoms with Crippen molar-refractivity contribution in [2.24, 2.45) is 5.41 Å². The molecule has 9 heteroatoms. The fourth-order valence-electron chi connectivity index (χ4n) is 2.91. The number of methoxy groups -OCH3 is 1. The lowest BCUT2D eigenvalue weighted by atomic mass is 9.83. The first-order chi connectivity index (χ1) is 14.7. The first kappa shape index (κ1) is 30.8. The summed E-state index contributed by atoms with van der Waals surface area (Å²) in [5.41, 5.74) is -0.921. The Morgan fingerprint density at radius 3 is 2.00 bits per heavy atom. The smallest absolute Gasteiger partial charge is 0.322 e. The predicted molar refractivity (Wildman–Crippen MR) is 127 cm³/mol. The van der Waals surface area contributed by atoms with Crippen molar-refractivity contribution in [3.05, 3.63) is 0 Å². The van der Waals surface area contributed by atoms with Gasteiger partial charge in [0.05, 0.1) is 18.6 Å². The van der Waals surface area contributed by atoms with Crippen molar-refractivity contribution >= 4 is 33.8 Å². The number of hydrogen-bond donors (Lipinski definition) is 1. The van der Waals surface area contributed by atoms with Crippen molar-refractivity contribution in [1.82, 2.24) is 5.32 Å². The van der Waals surface area contributed by atoms with E-state index in [9.17, 15) is 14.4 Å². The zero-order valence-corrected chi connectivity index (χ0v) is 22.4. The average Bonchev–Trinajstić information content (AvgIpc) is 2.66. The number of rotatable bonds is 16. The number of halogens is 1. The van der Waals surface area contributed by atoms with E-state index in [1.54, 1.807) is 27.9 Å². The predicted octanol–water partition coefficient (Wildman–Crippen LogP) is 3.78. The van der Waals surface area contributed by atoms with E-state index in [0.29, 0.717) is 32.4 Å². The largest absolute Gasteiger partial charge is 0.465 e. The fraction of sp³-hybridized carbons (Fsp3) is 0.870. The van der Waals surface area contributed by atoms with Crippen LogP contribution in [0.2, 0.25) is 0 Å². The third-order valence-corrected chi connectivity index (χ3v) is 5.16. The Morgan fingerprint density at radius 1 is 0.781 bits per heavy atom. The van der Waals surface area contributed by atoms with Crippen molar-refractivity contribution in [3.8, 4) is 0 Å². The molecule has 32 heavy (non-hydrogen) atoms. The molecular formula is C23H42BrNO7. The maximum absolute atomic E-state index is 12.5. The molecule has 1 N–H and O–H groups in total. The van der Waals surface area contributed by atoms with Gasteiger partial charge in [-0.3, -0.25) is 14.4 Å². The number of carbonyl (C=O) groups is 3. The monoisotopic (exact) mass is 523 g/mol. The highest BCUT2D eigenvalue weighted by molar-refractivity contribution is 9.10. The molecule has 0 aromatic carbocycles. The van der Waals surface area contributed by atoms with Crippen molar-refractivity contribution in [2.45, 2.75) is 83.5 Å². The molecule has 0 aromatic heterocycles. The van der Waals surface area contributed by atoms with Crippen LogP contribution >= 0.6 is 15.9 Å². The van der Waals surface area contributed by atoms with Gasteiger partial charge < -0.3 is 24.3 Å². The maximum Gasteiger partial charge on any atom is 0.322 e. The van der Waals surface area contributed by atoms with E-state index in [2.05, 4.69) is 21.2 Å². The number of esters is 3. The lowest BCUT2D eigenvalue weighted by Crippen LogP contribution is -2.42. The Hall–Kier alpha value is -1.19. The van der Waals surface area contributed by atoms with E-state index in [4.69, 9.17) is 18.9 Å². The van der Waals surface area contributed by atoms with Gasteiger partial charge in [0.15, 0.2) is 0 Å². The quantitative estimate of drug-likeness (QED) is 0.141. The van der Waals surface area contributed by atoms with Gasteiger partial charge in [0, 0.05) is 25.6 Å². The molecule has 0 aliphatic rings. The highest BCUT2D eigenvalue weighted by Crippen LogP contribution is 2.36. The van der Waals surface area contributed by atoms with Crippen molar-refractivity contribution in [3.63, 3.8) is 0 Å². The summed E-state index contributed by atoms with van der Waals surface area (Å²) in [6.45, 7) is 13.0. The zero-order chi connectivity index (χ0) is 24.8. The van der Waals surface area contributed by atoms with Gasteiger partial charge in [0.1, 0.15) is 17.5 Å². The van der Waals surface area contributed by atoms with E-state index in [1.165, 1.54) is 0 Å². The molecule has 1 atom stereocenters. The number of carbonyl (C=O) groups excluding carboxylic acids is 3. The van der Waals surface area contributed by atoms with Gasteiger partial charge in [-0.05, 0) is 67.2 Å². The Bertz CT molecular complexity index is 585. The molecule has 0 bridgehead atoms. The first-order valence-corrected chi connectivity index (χ1v) is 11.9. The second kappa shape index (κ2) is 14.9. The maximum atomic E-state index is 12.5. The minimum Gasteiger partial charge on any atom is -0.465 e.